The zero-order valence-corrected chi connectivity index (χ0v) is 19.1. The molecule has 1 aliphatic heterocycles. The summed E-state index contributed by atoms with van der Waals surface area (Å²) in [6.07, 6.45) is 4.53. The molecule has 170 valence electrons. The summed E-state index contributed by atoms with van der Waals surface area (Å²) in [4.78, 5) is 28.7. The number of carbonyl (C=O) groups is 1. The van der Waals surface area contributed by atoms with Crippen molar-refractivity contribution in [1.29, 1.82) is 0 Å². The van der Waals surface area contributed by atoms with Gasteiger partial charge >= 0.3 is 0 Å². The molecule has 5 rings (SSSR count). The lowest BCUT2D eigenvalue weighted by Gasteiger charge is -2.21. The van der Waals surface area contributed by atoms with Gasteiger partial charge in [0.15, 0.2) is 5.78 Å². The van der Waals surface area contributed by atoms with Crippen LogP contribution in [0.15, 0.2) is 47.3 Å². The van der Waals surface area contributed by atoms with Crippen molar-refractivity contribution in [3.63, 3.8) is 0 Å². The van der Waals surface area contributed by atoms with Gasteiger partial charge < -0.3 is 9.64 Å². The highest BCUT2D eigenvalue weighted by atomic mass is 35.5. The van der Waals surface area contributed by atoms with Gasteiger partial charge in [0, 0.05) is 23.7 Å². The first-order chi connectivity index (χ1) is 16.1. The second-order valence-corrected chi connectivity index (χ2v) is 8.68. The van der Waals surface area contributed by atoms with Crippen LogP contribution in [0.2, 0.25) is 5.02 Å². The van der Waals surface area contributed by atoms with Crippen LogP contribution in [0, 0.1) is 0 Å². The fourth-order valence-electron chi connectivity index (χ4n) is 4.40. The average Bonchev–Trinajstić information content (AvgIpc) is 3.09. The molecule has 4 aromatic rings. The van der Waals surface area contributed by atoms with Crippen LogP contribution >= 0.6 is 11.6 Å². The van der Waals surface area contributed by atoms with Crippen LogP contribution in [0.1, 0.15) is 36.0 Å². The molecule has 8 nitrogen and oxygen atoms in total. The van der Waals surface area contributed by atoms with Crippen molar-refractivity contribution < 1.29 is 9.53 Å². The third kappa shape index (κ3) is 3.95. The molecule has 0 aliphatic carbocycles. The van der Waals surface area contributed by atoms with Gasteiger partial charge in [-0.15, -0.1) is 10.2 Å². The summed E-state index contributed by atoms with van der Waals surface area (Å²) < 4.78 is 8.43. The maximum Gasteiger partial charge on any atom is 0.263 e. The highest BCUT2D eigenvalue weighted by Gasteiger charge is 2.22. The van der Waals surface area contributed by atoms with Gasteiger partial charge in [-0.2, -0.15) is 0 Å². The van der Waals surface area contributed by atoms with Crippen LogP contribution in [0.4, 0.5) is 5.95 Å². The number of methoxy groups -OCH3 is 1. The maximum absolute atomic E-state index is 13.4. The van der Waals surface area contributed by atoms with Gasteiger partial charge in [0.25, 0.3) is 5.56 Å². The predicted octanol–water partition coefficient (Wildman–Crippen LogP) is 3.97. The van der Waals surface area contributed by atoms with E-state index in [0.29, 0.717) is 39.0 Å². The largest absolute Gasteiger partial charge is 0.497 e. The molecule has 0 N–H and O–H groups in total. The quantitative estimate of drug-likeness (QED) is 0.415. The molecule has 0 amide bonds. The molecule has 0 unspecified atom stereocenters. The van der Waals surface area contributed by atoms with E-state index in [0.717, 1.165) is 25.9 Å². The number of hydrogen-bond acceptors (Lipinski definition) is 6. The first-order valence-corrected chi connectivity index (χ1v) is 11.4. The molecule has 0 spiro atoms. The summed E-state index contributed by atoms with van der Waals surface area (Å²) in [5.41, 5.74) is 0.841. The number of anilines is 1. The number of rotatable bonds is 5. The summed E-state index contributed by atoms with van der Waals surface area (Å²) in [7, 11) is 1.57. The smallest absolute Gasteiger partial charge is 0.263 e. The minimum absolute atomic E-state index is 0.157. The number of hydrogen-bond donors (Lipinski definition) is 0. The van der Waals surface area contributed by atoms with Gasteiger partial charge in [0.05, 0.1) is 24.6 Å². The van der Waals surface area contributed by atoms with E-state index >= 15 is 0 Å². The number of ether oxygens (including phenoxy) is 1. The molecule has 33 heavy (non-hydrogen) atoms. The van der Waals surface area contributed by atoms with E-state index in [9.17, 15) is 9.59 Å². The van der Waals surface area contributed by atoms with Gasteiger partial charge in [-0.1, -0.05) is 24.4 Å². The van der Waals surface area contributed by atoms with Crippen molar-refractivity contribution in [3.8, 4) is 5.75 Å². The molecule has 0 radical (unpaired) electrons. The molecular formula is C24H24ClN5O3. The number of aromatic nitrogens is 4. The second kappa shape index (κ2) is 8.86. The predicted molar refractivity (Wildman–Crippen MR) is 128 cm³/mol. The van der Waals surface area contributed by atoms with Crippen molar-refractivity contribution in [2.24, 2.45) is 0 Å². The number of fused-ring (bicyclic) bond motifs is 3. The first-order valence-electron chi connectivity index (χ1n) is 11.1. The molecule has 3 heterocycles. The summed E-state index contributed by atoms with van der Waals surface area (Å²) in [6, 6.07) is 12.0. The van der Waals surface area contributed by atoms with Crippen LogP contribution in [0.25, 0.3) is 16.7 Å². The van der Waals surface area contributed by atoms with Crippen LogP contribution in [-0.2, 0) is 6.54 Å². The number of carbonyl (C=O) groups excluding carboxylic acids is 1. The van der Waals surface area contributed by atoms with Crippen LogP contribution in [0.5, 0.6) is 5.75 Å². The van der Waals surface area contributed by atoms with Gasteiger partial charge in [-0.25, -0.2) is 4.40 Å². The SMILES string of the molecule is COc1ccc(C(=O)Cn2c(=O)c3cc(Cl)ccc3n3c(N4CCCCCC4)nnc23)cc1. The molecule has 0 bridgehead atoms. The highest BCUT2D eigenvalue weighted by molar-refractivity contribution is 6.31. The van der Waals surface area contributed by atoms with Crippen LogP contribution in [0.3, 0.4) is 0 Å². The van der Waals surface area contributed by atoms with E-state index in [-0.39, 0.29) is 17.9 Å². The lowest BCUT2D eigenvalue weighted by atomic mass is 10.1. The lowest BCUT2D eigenvalue weighted by molar-refractivity contribution is 0.0972. The van der Waals surface area contributed by atoms with Crippen LogP contribution in [-0.4, -0.2) is 45.1 Å². The Morgan fingerprint density at radius 3 is 2.45 bits per heavy atom. The van der Waals surface area contributed by atoms with Crippen molar-refractivity contribution in [2.45, 2.75) is 32.2 Å². The Morgan fingerprint density at radius 1 is 1.03 bits per heavy atom. The third-order valence-electron chi connectivity index (χ3n) is 6.15. The maximum atomic E-state index is 13.4. The fourth-order valence-corrected chi connectivity index (χ4v) is 4.57. The number of benzene rings is 2. The molecule has 2 aromatic carbocycles. The molecule has 1 aliphatic rings. The standard InChI is InChI=1S/C24H24ClN5O3/c1-33-18-9-6-16(7-10-18)21(31)15-29-22(32)19-14-17(25)8-11-20(19)30-23(26-27-24(29)30)28-12-4-2-3-5-13-28/h6-11,14H,2-5,12-13,15H2,1H3. The summed E-state index contributed by atoms with van der Waals surface area (Å²) in [6.45, 7) is 1.59. The molecule has 1 fully saturated rings. The second-order valence-electron chi connectivity index (χ2n) is 8.24. The Hall–Kier alpha value is -3.39. The zero-order chi connectivity index (χ0) is 22.9. The number of halogens is 1. The van der Waals surface area contributed by atoms with E-state index in [2.05, 4.69) is 15.1 Å². The van der Waals surface area contributed by atoms with E-state index in [1.54, 1.807) is 43.5 Å². The Kier molecular flexibility index (Phi) is 5.76. The van der Waals surface area contributed by atoms with Gasteiger partial charge in [0.1, 0.15) is 5.75 Å². The van der Waals surface area contributed by atoms with Crippen molar-refractivity contribution in [1.82, 2.24) is 19.2 Å². The van der Waals surface area contributed by atoms with Crippen molar-refractivity contribution in [2.75, 3.05) is 25.1 Å². The fraction of sp³-hybridized carbons (Fsp3) is 0.333. The van der Waals surface area contributed by atoms with Crippen molar-refractivity contribution >= 4 is 40.0 Å². The molecule has 1 saturated heterocycles. The summed E-state index contributed by atoms with van der Waals surface area (Å²) in [5, 5.41) is 9.70. The minimum atomic E-state index is -0.323. The average molecular weight is 466 g/mol. The Morgan fingerprint density at radius 2 is 1.76 bits per heavy atom. The highest BCUT2D eigenvalue weighted by Crippen LogP contribution is 2.24. The summed E-state index contributed by atoms with van der Waals surface area (Å²) >= 11 is 6.23. The molecule has 9 heteroatoms. The Bertz CT molecular complexity index is 1390. The van der Waals surface area contributed by atoms with Gasteiger partial charge in [0.2, 0.25) is 11.7 Å². The van der Waals surface area contributed by atoms with E-state index in [1.807, 2.05) is 10.5 Å². The number of Topliss-reactive ketones (excluding diaryl/α,β-unsaturated/α-hetero) is 1. The normalized spacial score (nSPS) is 14.5. The van der Waals surface area contributed by atoms with Crippen molar-refractivity contribution in [3.05, 3.63) is 63.4 Å². The lowest BCUT2D eigenvalue weighted by Crippen LogP contribution is -2.29. The molecule has 0 atom stereocenters. The third-order valence-corrected chi connectivity index (χ3v) is 6.38. The Balaban J connectivity index is 1.66. The van der Waals surface area contributed by atoms with E-state index in [4.69, 9.17) is 16.3 Å². The molecule has 2 aromatic heterocycles. The molecule has 0 saturated carbocycles. The Labute approximate surface area is 195 Å². The first kappa shape index (κ1) is 21.5. The minimum Gasteiger partial charge on any atom is -0.497 e. The van der Waals surface area contributed by atoms with E-state index < -0.39 is 0 Å². The van der Waals surface area contributed by atoms with Gasteiger partial charge in [-0.3, -0.25) is 14.2 Å². The topological polar surface area (TPSA) is 81.7 Å². The zero-order valence-electron chi connectivity index (χ0n) is 18.3. The number of nitrogens with zero attached hydrogens (tertiary/aromatic N) is 5. The molecular weight excluding hydrogens is 442 g/mol. The van der Waals surface area contributed by atoms with Crippen LogP contribution < -0.4 is 15.2 Å². The number of ketones is 1. The van der Waals surface area contributed by atoms with E-state index in [1.165, 1.54) is 17.4 Å². The summed E-state index contributed by atoms with van der Waals surface area (Å²) in [5.74, 6) is 1.48. The van der Waals surface area contributed by atoms with Gasteiger partial charge in [-0.05, 0) is 55.3 Å². The monoisotopic (exact) mass is 465 g/mol.